The van der Waals surface area contributed by atoms with Crippen LogP contribution in [0.5, 0.6) is 0 Å². The van der Waals surface area contributed by atoms with E-state index < -0.39 is 0 Å². The standard InChI is InChI=1S/C14H17FN2S/c1-9-5-7-10(8-6-9)17-12-4-2-3-11(15)13(12)16-14(17)18/h2-4,9-10H,5-8H2,1H3,(H,16,18). The van der Waals surface area contributed by atoms with E-state index in [0.717, 1.165) is 24.3 Å². The van der Waals surface area contributed by atoms with E-state index in [4.69, 9.17) is 12.2 Å². The van der Waals surface area contributed by atoms with Gasteiger partial charge < -0.3 is 9.55 Å². The average Bonchev–Trinajstić information content (AvgIpc) is 2.69. The van der Waals surface area contributed by atoms with Crippen molar-refractivity contribution in [3.8, 4) is 0 Å². The maximum absolute atomic E-state index is 13.7. The Morgan fingerprint density at radius 1 is 1.28 bits per heavy atom. The molecule has 2 aromatic rings. The molecule has 1 aliphatic carbocycles. The number of hydrogen-bond acceptors (Lipinski definition) is 1. The summed E-state index contributed by atoms with van der Waals surface area (Å²) in [4.78, 5) is 3.01. The van der Waals surface area contributed by atoms with E-state index >= 15 is 0 Å². The van der Waals surface area contributed by atoms with E-state index in [0.29, 0.717) is 16.3 Å². The number of para-hydroxylation sites is 1. The minimum atomic E-state index is -0.221. The van der Waals surface area contributed by atoms with Crippen LogP contribution in [-0.2, 0) is 0 Å². The fourth-order valence-electron chi connectivity index (χ4n) is 2.98. The molecule has 4 heteroatoms. The number of H-pyrrole nitrogens is 1. The number of aromatic nitrogens is 2. The number of halogens is 1. The molecule has 0 spiro atoms. The monoisotopic (exact) mass is 264 g/mol. The zero-order chi connectivity index (χ0) is 12.7. The van der Waals surface area contributed by atoms with Crippen molar-refractivity contribution in [2.24, 2.45) is 5.92 Å². The van der Waals surface area contributed by atoms with Crippen molar-refractivity contribution in [1.82, 2.24) is 9.55 Å². The molecule has 1 aliphatic rings. The van der Waals surface area contributed by atoms with Crippen LogP contribution in [-0.4, -0.2) is 9.55 Å². The van der Waals surface area contributed by atoms with Crippen LogP contribution in [0.25, 0.3) is 11.0 Å². The number of rotatable bonds is 1. The number of nitrogens with zero attached hydrogens (tertiary/aromatic N) is 1. The van der Waals surface area contributed by atoms with Gasteiger partial charge in [-0.2, -0.15) is 0 Å². The van der Waals surface area contributed by atoms with Crippen molar-refractivity contribution in [3.63, 3.8) is 0 Å². The lowest BCUT2D eigenvalue weighted by molar-refractivity contribution is 0.292. The number of benzene rings is 1. The molecule has 18 heavy (non-hydrogen) atoms. The summed E-state index contributed by atoms with van der Waals surface area (Å²) in [5, 5.41) is 0. The van der Waals surface area contributed by atoms with Gasteiger partial charge in [-0.15, -0.1) is 0 Å². The van der Waals surface area contributed by atoms with Gasteiger partial charge in [0.2, 0.25) is 0 Å². The van der Waals surface area contributed by atoms with Crippen LogP contribution in [0, 0.1) is 16.5 Å². The second-order valence-electron chi connectivity index (χ2n) is 5.35. The van der Waals surface area contributed by atoms with E-state index in [2.05, 4.69) is 16.5 Å². The minimum absolute atomic E-state index is 0.221. The SMILES string of the molecule is CC1CCC(n2c(=S)[nH]c3c(F)cccc32)CC1. The molecule has 1 N–H and O–H groups in total. The molecule has 0 aliphatic heterocycles. The van der Waals surface area contributed by atoms with E-state index in [1.165, 1.54) is 18.9 Å². The van der Waals surface area contributed by atoms with E-state index in [-0.39, 0.29) is 5.82 Å². The third kappa shape index (κ3) is 1.88. The van der Waals surface area contributed by atoms with Crippen LogP contribution in [0.3, 0.4) is 0 Å². The third-order valence-electron chi connectivity index (χ3n) is 4.05. The lowest BCUT2D eigenvalue weighted by Crippen LogP contribution is -2.16. The van der Waals surface area contributed by atoms with E-state index in [1.54, 1.807) is 6.07 Å². The lowest BCUT2D eigenvalue weighted by Gasteiger charge is -2.27. The maximum Gasteiger partial charge on any atom is 0.178 e. The van der Waals surface area contributed by atoms with Gasteiger partial charge in [-0.1, -0.05) is 13.0 Å². The Labute approximate surface area is 111 Å². The Balaban J connectivity index is 2.09. The van der Waals surface area contributed by atoms with Gasteiger partial charge >= 0.3 is 0 Å². The zero-order valence-electron chi connectivity index (χ0n) is 10.4. The number of fused-ring (bicyclic) bond motifs is 1. The first-order chi connectivity index (χ1) is 8.66. The molecule has 0 radical (unpaired) electrons. The van der Waals surface area contributed by atoms with Gasteiger partial charge in [-0.05, 0) is 56.0 Å². The molecule has 2 nitrogen and oxygen atoms in total. The Morgan fingerprint density at radius 2 is 2.00 bits per heavy atom. The van der Waals surface area contributed by atoms with Crippen molar-refractivity contribution >= 4 is 23.3 Å². The predicted octanol–water partition coefficient (Wildman–Crippen LogP) is 4.59. The molecule has 0 bridgehead atoms. The van der Waals surface area contributed by atoms with Gasteiger partial charge in [0, 0.05) is 6.04 Å². The molecule has 1 aromatic heterocycles. The Kier molecular flexibility index (Phi) is 2.98. The molecule has 0 saturated heterocycles. The van der Waals surface area contributed by atoms with Gasteiger partial charge in [0.15, 0.2) is 4.77 Å². The van der Waals surface area contributed by atoms with E-state index in [9.17, 15) is 4.39 Å². The molecule has 96 valence electrons. The topological polar surface area (TPSA) is 20.7 Å². The van der Waals surface area contributed by atoms with Crippen molar-refractivity contribution in [1.29, 1.82) is 0 Å². The first-order valence-electron chi connectivity index (χ1n) is 6.55. The molecule has 1 saturated carbocycles. The first-order valence-corrected chi connectivity index (χ1v) is 6.96. The molecule has 0 unspecified atom stereocenters. The summed E-state index contributed by atoms with van der Waals surface area (Å²) in [6, 6.07) is 5.59. The summed E-state index contributed by atoms with van der Waals surface area (Å²) >= 11 is 5.36. The number of aromatic amines is 1. The van der Waals surface area contributed by atoms with Gasteiger partial charge in [0.05, 0.1) is 5.52 Å². The maximum atomic E-state index is 13.7. The Bertz CT molecular complexity index is 620. The van der Waals surface area contributed by atoms with Crippen LogP contribution < -0.4 is 0 Å². The van der Waals surface area contributed by atoms with Gasteiger partial charge in [0.1, 0.15) is 11.3 Å². The highest BCUT2D eigenvalue weighted by atomic mass is 32.1. The highest BCUT2D eigenvalue weighted by Crippen LogP contribution is 2.34. The molecular formula is C14H17FN2S. The van der Waals surface area contributed by atoms with Crippen LogP contribution in [0.1, 0.15) is 38.6 Å². The second-order valence-corrected chi connectivity index (χ2v) is 5.73. The number of imidazole rings is 1. The first kappa shape index (κ1) is 11.9. The molecule has 1 heterocycles. The summed E-state index contributed by atoms with van der Waals surface area (Å²) in [7, 11) is 0. The van der Waals surface area contributed by atoms with Crippen LogP contribution in [0.15, 0.2) is 18.2 Å². The molecule has 0 atom stereocenters. The lowest BCUT2D eigenvalue weighted by atomic mass is 9.87. The molecule has 1 aromatic carbocycles. The summed E-state index contributed by atoms with van der Waals surface area (Å²) < 4.78 is 16.5. The molecule has 3 rings (SSSR count). The van der Waals surface area contributed by atoms with Crippen LogP contribution in [0.4, 0.5) is 4.39 Å². The Morgan fingerprint density at radius 3 is 2.72 bits per heavy atom. The third-order valence-corrected chi connectivity index (χ3v) is 4.35. The Hall–Kier alpha value is -1.16. The molecular weight excluding hydrogens is 247 g/mol. The van der Waals surface area contributed by atoms with Gasteiger partial charge in [0.25, 0.3) is 0 Å². The van der Waals surface area contributed by atoms with Gasteiger partial charge in [-0.3, -0.25) is 0 Å². The quantitative estimate of drug-likeness (QED) is 0.747. The van der Waals surface area contributed by atoms with Crippen LogP contribution in [0.2, 0.25) is 0 Å². The van der Waals surface area contributed by atoms with Crippen molar-refractivity contribution in [2.75, 3.05) is 0 Å². The smallest absolute Gasteiger partial charge is 0.178 e. The molecule has 1 fully saturated rings. The fourth-order valence-corrected chi connectivity index (χ4v) is 3.33. The molecule has 0 amide bonds. The van der Waals surface area contributed by atoms with Crippen molar-refractivity contribution in [2.45, 2.75) is 38.6 Å². The normalized spacial score (nSPS) is 24.6. The summed E-state index contributed by atoms with van der Waals surface area (Å²) in [6.07, 6.45) is 4.74. The van der Waals surface area contributed by atoms with Crippen molar-refractivity contribution < 1.29 is 4.39 Å². The van der Waals surface area contributed by atoms with E-state index in [1.807, 2.05) is 6.07 Å². The van der Waals surface area contributed by atoms with Crippen molar-refractivity contribution in [3.05, 3.63) is 28.8 Å². The summed E-state index contributed by atoms with van der Waals surface area (Å²) in [6.45, 7) is 2.30. The fraction of sp³-hybridized carbons (Fsp3) is 0.500. The average molecular weight is 264 g/mol. The van der Waals surface area contributed by atoms with Gasteiger partial charge in [-0.25, -0.2) is 4.39 Å². The highest BCUT2D eigenvalue weighted by Gasteiger charge is 2.22. The number of hydrogen-bond donors (Lipinski definition) is 1. The number of nitrogens with one attached hydrogen (secondary N) is 1. The zero-order valence-corrected chi connectivity index (χ0v) is 11.3. The minimum Gasteiger partial charge on any atom is -0.328 e. The largest absolute Gasteiger partial charge is 0.328 e. The summed E-state index contributed by atoms with van der Waals surface area (Å²) in [5.74, 6) is 0.582. The second kappa shape index (κ2) is 4.50. The summed E-state index contributed by atoms with van der Waals surface area (Å²) in [5.41, 5.74) is 1.45. The highest BCUT2D eigenvalue weighted by molar-refractivity contribution is 7.71. The van der Waals surface area contributed by atoms with Crippen LogP contribution >= 0.6 is 12.2 Å². The predicted molar refractivity (Wildman–Crippen MR) is 73.7 cm³/mol.